The number of benzene rings is 2. The SMILES string of the molecule is CCOc1ccc(NC(=O)c2ccc(COc3ccc([N+](=O)[O-])cc3)o2)cc1. The molecule has 144 valence electrons. The van der Waals surface area contributed by atoms with Crippen LogP contribution >= 0.6 is 0 Å². The molecule has 0 spiro atoms. The van der Waals surface area contributed by atoms with Crippen molar-refractivity contribution in [3.63, 3.8) is 0 Å². The average molecular weight is 382 g/mol. The minimum Gasteiger partial charge on any atom is -0.494 e. The predicted octanol–water partition coefficient (Wildman–Crippen LogP) is 4.42. The van der Waals surface area contributed by atoms with Gasteiger partial charge in [-0.3, -0.25) is 14.9 Å². The minimum atomic E-state index is -0.481. The van der Waals surface area contributed by atoms with Crippen molar-refractivity contribution in [1.29, 1.82) is 0 Å². The van der Waals surface area contributed by atoms with Crippen molar-refractivity contribution in [2.45, 2.75) is 13.5 Å². The fraction of sp³-hybridized carbons (Fsp3) is 0.150. The van der Waals surface area contributed by atoms with Gasteiger partial charge in [-0.05, 0) is 55.5 Å². The second kappa shape index (κ2) is 8.72. The van der Waals surface area contributed by atoms with Crippen molar-refractivity contribution >= 4 is 17.3 Å². The van der Waals surface area contributed by atoms with Crippen LogP contribution < -0.4 is 14.8 Å². The molecule has 2 aromatic carbocycles. The number of amides is 1. The molecule has 0 aliphatic carbocycles. The second-order valence-electron chi connectivity index (χ2n) is 5.72. The molecule has 0 bridgehead atoms. The Kier molecular flexibility index (Phi) is 5.91. The number of nitro groups is 1. The lowest BCUT2D eigenvalue weighted by atomic mass is 10.3. The summed E-state index contributed by atoms with van der Waals surface area (Å²) in [7, 11) is 0. The lowest BCUT2D eigenvalue weighted by molar-refractivity contribution is -0.384. The molecule has 3 rings (SSSR count). The first-order valence-corrected chi connectivity index (χ1v) is 8.55. The predicted molar refractivity (Wildman–Crippen MR) is 102 cm³/mol. The van der Waals surface area contributed by atoms with Crippen LogP contribution in [0, 0.1) is 10.1 Å². The largest absolute Gasteiger partial charge is 0.494 e. The summed E-state index contributed by atoms with van der Waals surface area (Å²) in [6, 6.07) is 15.9. The summed E-state index contributed by atoms with van der Waals surface area (Å²) in [6.07, 6.45) is 0. The van der Waals surface area contributed by atoms with Gasteiger partial charge in [0.15, 0.2) is 5.76 Å². The van der Waals surface area contributed by atoms with E-state index in [1.54, 1.807) is 36.4 Å². The molecule has 0 aliphatic rings. The van der Waals surface area contributed by atoms with Gasteiger partial charge in [0.2, 0.25) is 0 Å². The van der Waals surface area contributed by atoms with Crippen molar-refractivity contribution in [2.24, 2.45) is 0 Å². The number of non-ortho nitro benzene ring substituents is 1. The summed E-state index contributed by atoms with van der Waals surface area (Å²) in [6.45, 7) is 2.56. The first kappa shape index (κ1) is 19.0. The molecule has 1 aromatic heterocycles. The Balaban J connectivity index is 1.55. The summed E-state index contributed by atoms with van der Waals surface area (Å²) in [5.41, 5.74) is 0.604. The van der Waals surface area contributed by atoms with Gasteiger partial charge in [-0.25, -0.2) is 0 Å². The van der Waals surface area contributed by atoms with Crippen LogP contribution in [0.25, 0.3) is 0 Å². The van der Waals surface area contributed by atoms with E-state index in [0.717, 1.165) is 5.75 Å². The molecule has 0 fully saturated rings. The molecule has 0 atom stereocenters. The summed E-state index contributed by atoms with van der Waals surface area (Å²) in [5.74, 6) is 1.41. The topological polar surface area (TPSA) is 104 Å². The molecule has 0 radical (unpaired) electrons. The number of nitrogens with zero attached hydrogens (tertiary/aromatic N) is 1. The van der Waals surface area contributed by atoms with E-state index in [2.05, 4.69) is 5.32 Å². The highest BCUT2D eigenvalue weighted by Crippen LogP contribution is 2.20. The first-order chi connectivity index (χ1) is 13.5. The standard InChI is InChI=1S/C20H18N2O6/c1-2-26-16-7-3-14(4-8-16)21-20(23)19-12-11-18(28-19)13-27-17-9-5-15(6-10-17)22(24)25/h3-12H,2,13H2,1H3,(H,21,23). The smallest absolute Gasteiger partial charge is 0.291 e. The lowest BCUT2D eigenvalue weighted by Gasteiger charge is -2.06. The van der Waals surface area contributed by atoms with Crippen LogP contribution in [0.5, 0.6) is 11.5 Å². The highest BCUT2D eigenvalue weighted by Gasteiger charge is 2.12. The van der Waals surface area contributed by atoms with Gasteiger partial charge in [0.05, 0.1) is 11.5 Å². The third-order valence-corrected chi connectivity index (χ3v) is 3.74. The Morgan fingerprint density at radius 1 is 1.00 bits per heavy atom. The molecule has 0 aliphatic heterocycles. The maximum absolute atomic E-state index is 12.3. The molecule has 0 saturated carbocycles. The Hall–Kier alpha value is -3.81. The molecule has 1 heterocycles. The highest BCUT2D eigenvalue weighted by molar-refractivity contribution is 6.02. The number of hydrogen-bond donors (Lipinski definition) is 1. The molecular weight excluding hydrogens is 364 g/mol. The van der Waals surface area contributed by atoms with E-state index in [4.69, 9.17) is 13.9 Å². The lowest BCUT2D eigenvalue weighted by Crippen LogP contribution is -2.10. The summed E-state index contributed by atoms with van der Waals surface area (Å²) < 4.78 is 16.4. The van der Waals surface area contributed by atoms with Crippen molar-refractivity contribution in [3.05, 3.63) is 82.3 Å². The second-order valence-corrected chi connectivity index (χ2v) is 5.72. The van der Waals surface area contributed by atoms with E-state index in [0.29, 0.717) is 23.8 Å². The molecule has 1 N–H and O–H groups in total. The number of hydrogen-bond acceptors (Lipinski definition) is 6. The van der Waals surface area contributed by atoms with E-state index in [-0.39, 0.29) is 24.0 Å². The van der Waals surface area contributed by atoms with Gasteiger partial charge in [0, 0.05) is 17.8 Å². The number of furan rings is 1. The van der Waals surface area contributed by atoms with E-state index >= 15 is 0 Å². The van der Waals surface area contributed by atoms with Gasteiger partial charge in [-0.1, -0.05) is 0 Å². The maximum Gasteiger partial charge on any atom is 0.291 e. The number of anilines is 1. The zero-order valence-corrected chi connectivity index (χ0v) is 15.1. The number of carbonyl (C=O) groups is 1. The Labute approximate surface area is 160 Å². The van der Waals surface area contributed by atoms with Gasteiger partial charge in [0.1, 0.15) is 23.9 Å². The van der Waals surface area contributed by atoms with Crippen LogP contribution in [0.1, 0.15) is 23.2 Å². The fourth-order valence-electron chi connectivity index (χ4n) is 2.39. The highest BCUT2D eigenvalue weighted by atomic mass is 16.6. The molecule has 0 unspecified atom stereocenters. The Morgan fingerprint density at radius 2 is 1.64 bits per heavy atom. The van der Waals surface area contributed by atoms with Gasteiger partial charge in [-0.2, -0.15) is 0 Å². The van der Waals surface area contributed by atoms with Crippen molar-refractivity contribution in [3.8, 4) is 11.5 Å². The van der Waals surface area contributed by atoms with Crippen molar-refractivity contribution in [1.82, 2.24) is 0 Å². The Bertz CT molecular complexity index is 948. The molecule has 0 saturated heterocycles. The number of carbonyl (C=O) groups excluding carboxylic acids is 1. The molecule has 8 heteroatoms. The number of ether oxygens (including phenoxy) is 2. The van der Waals surface area contributed by atoms with Gasteiger partial charge in [0.25, 0.3) is 11.6 Å². The van der Waals surface area contributed by atoms with Crippen LogP contribution in [-0.4, -0.2) is 17.4 Å². The van der Waals surface area contributed by atoms with Crippen LogP contribution in [-0.2, 0) is 6.61 Å². The third-order valence-electron chi connectivity index (χ3n) is 3.74. The molecule has 3 aromatic rings. The van der Waals surface area contributed by atoms with Crippen LogP contribution in [0.15, 0.2) is 65.1 Å². The van der Waals surface area contributed by atoms with Gasteiger partial charge in [-0.15, -0.1) is 0 Å². The zero-order chi connectivity index (χ0) is 19.9. The Morgan fingerprint density at radius 3 is 2.29 bits per heavy atom. The van der Waals surface area contributed by atoms with Crippen LogP contribution in [0.2, 0.25) is 0 Å². The quantitative estimate of drug-likeness (QED) is 0.457. The first-order valence-electron chi connectivity index (χ1n) is 8.55. The van der Waals surface area contributed by atoms with E-state index in [9.17, 15) is 14.9 Å². The number of rotatable bonds is 8. The average Bonchev–Trinajstić information content (AvgIpc) is 3.18. The molecular formula is C20H18N2O6. The summed E-state index contributed by atoms with van der Waals surface area (Å²) >= 11 is 0. The summed E-state index contributed by atoms with van der Waals surface area (Å²) in [4.78, 5) is 22.4. The van der Waals surface area contributed by atoms with E-state index < -0.39 is 4.92 Å². The monoisotopic (exact) mass is 382 g/mol. The van der Waals surface area contributed by atoms with Crippen LogP contribution in [0.4, 0.5) is 11.4 Å². The van der Waals surface area contributed by atoms with Crippen LogP contribution in [0.3, 0.4) is 0 Å². The molecule has 1 amide bonds. The van der Waals surface area contributed by atoms with E-state index in [1.165, 1.54) is 24.3 Å². The minimum absolute atomic E-state index is 0.0152. The van der Waals surface area contributed by atoms with Gasteiger partial charge >= 0.3 is 0 Å². The fourth-order valence-corrected chi connectivity index (χ4v) is 2.39. The van der Waals surface area contributed by atoms with Gasteiger partial charge < -0.3 is 19.2 Å². The number of nitro benzene ring substituents is 1. The molecule has 8 nitrogen and oxygen atoms in total. The maximum atomic E-state index is 12.3. The molecule has 28 heavy (non-hydrogen) atoms. The van der Waals surface area contributed by atoms with Crippen molar-refractivity contribution < 1.29 is 23.6 Å². The number of nitrogens with one attached hydrogen (secondary N) is 1. The third kappa shape index (κ3) is 4.88. The zero-order valence-electron chi connectivity index (χ0n) is 15.1. The van der Waals surface area contributed by atoms with E-state index in [1.807, 2.05) is 6.92 Å². The van der Waals surface area contributed by atoms with Crippen molar-refractivity contribution in [2.75, 3.05) is 11.9 Å². The normalized spacial score (nSPS) is 10.3. The summed E-state index contributed by atoms with van der Waals surface area (Å²) in [5, 5.41) is 13.4.